The van der Waals surface area contributed by atoms with Gasteiger partial charge < -0.3 is 10.6 Å². The third-order valence-corrected chi connectivity index (χ3v) is 4.30. The molecule has 2 atom stereocenters. The molecule has 1 aromatic heterocycles. The molecule has 0 radical (unpaired) electrons. The van der Waals surface area contributed by atoms with Crippen LogP contribution in [-0.2, 0) is 0 Å². The Bertz CT molecular complexity index is 786. The molecule has 1 aliphatic rings. The highest BCUT2D eigenvalue weighted by Crippen LogP contribution is 2.31. The first-order valence-electron chi connectivity index (χ1n) is 7.50. The normalized spacial score (nSPS) is 20.7. The summed E-state index contributed by atoms with van der Waals surface area (Å²) in [6.07, 6.45) is 1.97. The third kappa shape index (κ3) is 3.05. The van der Waals surface area contributed by atoms with Crippen molar-refractivity contribution in [3.63, 3.8) is 0 Å². The maximum absolute atomic E-state index is 14.0. The van der Waals surface area contributed by atoms with E-state index in [9.17, 15) is 13.2 Å². The molecule has 4 nitrogen and oxygen atoms in total. The van der Waals surface area contributed by atoms with Gasteiger partial charge in [-0.15, -0.1) is 0 Å². The summed E-state index contributed by atoms with van der Waals surface area (Å²) in [6, 6.07) is 6.39. The number of anilines is 1. The molecule has 2 aromatic rings. The van der Waals surface area contributed by atoms with Crippen molar-refractivity contribution in [2.75, 3.05) is 18.0 Å². The molecule has 0 bridgehead atoms. The van der Waals surface area contributed by atoms with Gasteiger partial charge in [0.2, 0.25) is 0 Å². The van der Waals surface area contributed by atoms with Crippen LogP contribution in [0.15, 0.2) is 30.5 Å². The van der Waals surface area contributed by atoms with E-state index < -0.39 is 29.4 Å². The Balaban J connectivity index is 1.78. The van der Waals surface area contributed by atoms with E-state index in [1.807, 2.05) is 11.0 Å². The number of nitriles is 1. The Morgan fingerprint density at radius 2 is 1.92 bits per heavy atom. The predicted molar refractivity (Wildman–Crippen MR) is 82.8 cm³/mol. The van der Waals surface area contributed by atoms with E-state index in [4.69, 9.17) is 11.0 Å². The van der Waals surface area contributed by atoms with Crippen LogP contribution in [0.2, 0.25) is 0 Å². The molecule has 3 rings (SSSR count). The number of hydrogen-bond donors (Lipinski definition) is 1. The van der Waals surface area contributed by atoms with E-state index in [0.717, 1.165) is 6.07 Å². The highest BCUT2D eigenvalue weighted by atomic mass is 19.2. The molecule has 2 heterocycles. The molecule has 0 amide bonds. The lowest BCUT2D eigenvalue weighted by molar-refractivity contribution is 0.416. The minimum Gasteiger partial charge on any atom is -0.355 e. The number of halogens is 3. The lowest BCUT2D eigenvalue weighted by Crippen LogP contribution is -2.48. The number of hydrogen-bond acceptors (Lipinski definition) is 4. The van der Waals surface area contributed by atoms with Gasteiger partial charge in [-0.05, 0) is 30.2 Å². The molecule has 1 aliphatic heterocycles. The topological polar surface area (TPSA) is 65.9 Å². The first-order valence-corrected chi connectivity index (χ1v) is 7.50. The average molecular weight is 332 g/mol. The van der Waals surface area contributed by atoms with Gasteiger partial charge >= 0.3 is 0 Å². The fourth-order valence-corrected chi connectivity index (χ4v) is 3.04. The predicted octanol–water partition coefficient (Wildman–Crippen LogP) is 2.69. The fourth-order valence-electron chi connectivity index (χ4n) is 3.04. The number of aromatic nitrogens is 1. The fraction of sp³-hybridized carbons (Fsp3) is 0.294. The monoisotopic (exact) mass is 332 g/mol. The molecule has 0 spiro atoms. The van der Waals surface area contributed by atoms with E-state index in [2.05, 4.69) is 4.98 Å². The summed E-state index contributed by atoms with van der Waals surface area (Å²) in [5, 5.41) is 8.79. The maximum atomic E-state index is 14.0. The van der Waals surface area contributed by atoms with Crippen molar-refractivity contribution < 1.29 is 13.2 Å². The van der Waals surface area contributed by atoms with Crippen molar-refractivity contribution in [1.29, 1.82) is 5.26 Å². The first-order chi connectivity index (χ1) is 11.5. The molecule has 7 heteroatoms. The Labute approximate surface area is 137 Å². The summed E-state index contributed by atoms with van der Waals surface area (Å²) in [5.74, 6) is -2.78. The Morgan fingerprint density at radius 3 is 2.54 bits per heavy atom. The molecular formula is C17H15F3N4. The van der Waals surface area contributed by atoms with Gasteiger partial charge in [0.1, 0.15) is 17.7 Å². The second-order valence-electron chi connectivity index (χ2n) is 5.81. The number of nitrogens with two attached hydrogens (primary N) is 1. The lowest BCUT2D eigenvalue weighted by atomic mass is 9.85. The average Bonchev–Trinajstić information content (AvgIpc) is 2.58. The van der Waals surface area contributed by atoms with Crippen LogP contribution >= 0.6 is 0 Å². The second-order valence-corrected chi connectivity index (χ2v) is 5.81. The van der Waals surface area contributed by atoms with E-state index in [0.29, 0.717) is 37.0 Å². The number of benzene rings is 1. The first kappa shape index (κ1) is 16.3. The van der Waals surface area contributed by atoms with Crippen LogP contribution in [0.5, 0.6) is 0 Å². The van der Waals surface area contributed by atoms with Crippen molar-refractivity contribution in [1.82, 2.24) is 4.98 Å². The minimum atomic E-state index is -1.20. The molecule has 0 aliphatic carbocycles. The zero-order chi connectivity index (χ0) is 17.3. The van der Waals surface area contributed by atoms with E-state index >= 15 is 0 Å². The molecule has 0 saturated carbocycles. The molecular weight excluding hydrogens is 317 g/mol. The van der Waals surface area contributed by atoms with Crippen LogP contribution in [0.25, 0.3) is 0 Å². The van der Waals surface area contributed by atoms with Gasteiger partial charge in [-0.1, -0.05) is 0 Å². The highest BCUT2D eigenvalue weighted by Gasteiger charge is 2.31. The Kier molecular flexibility index (Phi) is 4.40. The number of rotatable bonds is 2. The van der Waals surface area contributed by atoms with Gasteiger partial charge in [-0.2, -0.15) is 5.26 Å². The summed E-state index contributed by atoms with van der Waals surface area (Å²) < 4.78 is 40.5. The second kappa shape index (κ2) is 6.49. The van der Waals surface area contributed by atoms with Crippen molar-refractivity contribution >= 4 is 5.82 Å². The van der Waals surface area contributed by atoms with Gasteiger partial charge in [-0.3, -0.25) is 0 Å². The van der Waals surface area contributed by atoms with Crippen LogP contribution in [0.3, 0.4) is 0 Å². The Hall–Kier alpha value is -2.59. The van der Waals surface area contributed by atoms with Crippen molar-refractivity contribution in [2.24, 2.45) is 5.73 Å². The lowest BCUT2D eigenvalue weighted by Gasteiger charge is -2.37. The van der Waals surface area contributed by atoms with Crippen LogP contribution in [0.1, 0.15) is 23.5 Å². The molecule has 1 aromatic carbocycles. The largest absolute Gasteiger partial charge is 0.355 e. The molecule has 0 unspecified atom stereocenters. The van der Waals surface area contributed by atoms with Crippen molar-refractivity contribution in [2.45, 2.75) is 18.4 Å². The van der Waals surface area contributed by atoms with Gasteiger partial charge in [0, 0.05) is 37.3 Å². The third-order valence-electron chi connectivity index (χ3n) is 4.30. The SMILES string of the molecule is N#Cc1ccc(N2CC[C@H](c3cc(F)c(F)cc3F)[C@@H](N)C2)nc1. The van der Waals surface area contributed by atoms with Crippen LogP contribution < -0.4 is 10.6 Å². The smallest absolute Gasteiger partial charge is 0.161 e. The summed E-state index contributed by atoms with van der Waals surface area (Å²) >= 11 is 0. The molecule has 24 heavy (non-hydrogen) atoms. The molecule has 124 valence electrons. The standard InChI is InChI=1S/C17H15F3N4/c18-13-6-15(20)14(19)5-12(13)11-3-4-24(9-16(11)22)17-2-1-10(7-21)8-23-17/h1-2,5-6,8,11,16H,3-4,9,22H2/t11-,16+/m1/s1. The summed E-state index contributed by atoms with van der Waals surface area (Å²) in [5.41, 5.74) is 6.71. The van der Waals surface area contributed by atoms with Crippen LogP contribution in [0.4, 0.5) is 19.0 Å². The van der Waals surface area contributed by atoms with Gasteiger partial charge in [0.25, 0.3) is 0 Å². The highest BCUT2D eigenvalue weighted by molar-refractivity contribution is 5.43. The number of pyridine rings is 1. The zero-order valence-corrected chi connectivity index (χ0v) is 12.7. The van der Waals surface area contributed by atoms with Crippen molar-refractivity contribution in [3.8, 4) is 6.07 Å². The van der Waals surface area contributed by atoms with Gasteiger partial charge in [-0.25, -0.2) is 18.2 Å². The van der Waals surface area contributed by atoms with Crippen LogP contribution in [0, 0.1) is 28.8 Å². The summed E-state index contributed by atoms with van der Waals surface area (Å²) in [4.78, 5) is 6.14. The maximum Gasteiger partial charge on any atom is 0.161 e. The van der Waals surface area contributed by atoms with E-state index in [-0.39, 0.29) is 5.56 Å². The number of nitrogens with zero attached hydrogens (tertiary/aromatic N) is 3. The summed E-state index contributed by atoms with van der Waals surface area (Å²) in [6.45, 7) is 0.956. The quantitative estimate of drug-likeness (QED) is 0.859. The number of piperidine rings is 1. The van der Waals surface area contributed by atoms with Gasteiger partial charge in [0.15, 0.2) is 11.6 Å². The zero-order valence-electron chi connectivity index (χ0n) is 12.7. The molecule has 2 N–H and O–H groups in total. The summed E-state index contributed by atoms with van der Waals surface area (Å²) in [7, 11) is 0. The Morgan fingerprint density at radius 1 is 1.17 bits per heavy atom. The molecule has 1 saturated heterocycles. The van der Waals surface area contributed by atoms with E-state index in [1.54, 1.807) is 12.1 Å². The minimum absolute atomic E-state index is 0.105. The van der Waals surface area contributed by atoms with E-state index in [1.165, 1.54) is 6.20 Å². The van der Waals surface area contributed by atoms with Gasteiger partial charge in [0.05, 0.1) is 5.56 Å². The van der Waals surface area contributed by atoms with Crippen LogP contribution in [-0.4, -0.2) is 24.1 Å². The molecule has 1 fully saturated rings. The van der Waals surface area contributed by atoms with Crippen molar-refractivity contribution in [3.05, 3.63) is 59.0 Å².